The molecule has 1 aliphatic rings. The fourth-order valence-corrected chi connectivity index (χ4v) is 2.35. The highest BCUT2D eigenvalue weighted by atomic mass is 16.2. The first-order valence-corrected chi connectivity index (χ1v) is 6.63. The zero-order chi connectivity index (χ0) is 14.7. The Labute approximate surface area is 118 Å². The van der Waals surface area contributed by atoms with Crippen LogP contribution in [0.4, 0.5) is 5.69 Å². The SMILES string of the molecule is CC1CN(CC(=O)Nc2ccc(C(N)=O)cc2)CC1N. The molecule has 0 spiro atoms. The van der Waals surface area contributed by atoms with Crippen LogP contribution in [0.15, 0.2) is 24.3 Å². The first-order valence-electron chi connectivity index (χ1n) is 6.63. The van der Waals surface area contributed by atoms with Gasteiger partial charge in [0.1, 0.15) is 0 Å². The van der Waals surface area contributed by atoms with Crippen molar-refractivity contribution in [2.24, 2.45) is 17.4 Å². The van der Waals surface area contributed by atoms with Crippen molar-refractivity contribution in [3.63, 3.8) is 0 Å². The lowest BCUT2D eigenvalue weighted by Gasteiger charge is -2.14. The number of nitrogens with two attached hydrogens (primary N) is 2. The van der Waals surface area contributed by atoms with Gasteiger partial charge in [-0.15, -0.1) is 0 Å². The summed E-state index contributed by atoms with van der Waals surface area (Å²) < 4.78 is 0. The van der Waals surface area contributed by atoms with Gasteiger partial charge in [-0.2, -0.15) is 0 Å². The van der Waals surface area contributed by atoms with Gasteiger partial charge in [0, 0.05) is 30.4 Å². The van der Waals surface area contributed by atoms with Crippen molar-refractivity contribution in [2.75, 3.05) is 25.0 Å². The first-order chi connectivity index (χ1) is 9.45. The smallest absolute Gasteiger partial charge is 0.248 e. The standard InChI is InChI=1S/C14H20N4O2/c1-9-6-18(7-12(9)15)8-13(19)17-11-4-2-10(3-5-11)14(16)20/h2-5,9,12H,6-8,15H2,1H3,(H2,16,20)(H,17,19). The van der Waals surface area contributed by atoms with E-state index in [0.29, 0.717) is 23.7 Å². The Hall–Kier alpha value is -1.92. The molecule has 0 bridgehead atoms. The zero-order valence-corrected chi connectivity index (χ0v) is 11.5. The van der Waals surface area contributed by atoms with E-state index in [9.17, 15) is 9.59 Å². The molecule has 108 valence electrons. The molecule has 0 saturated carbocycles. The Morgan fingerprint density at radius 3 is 2.45 bits per heavy atom. The van der Waals surface area contributed by atoms with Crippen LogP contribution in [0.2, 0.25) is 0 Å². The molecule has 0 aromatic heterocycles. The molecule has 6 heteroatoms. The number of likely N-dealkylation sites (tertiary alicyclic amines) is 1. The highest BCUT2D eigenvalue weighted by molar-refractivity contribution is 5.95. The number of anilines is 1. The predicted molar refractivity (Wildman–Crippen MR) is 77.2 cm³/mol. The number of carbonyl (C=O) groups is 2. The average Bonchev–Trinajstić information content (AvgIpc) is 2.68. The molecular formula is C14H20N4O2. The lowest BCUT2D eigenvalue weighted by atomic mass is 10.1. The van der Waals surface area contributed by atoms with Gasteiger partial charge in [0.05, 0.1) is 6.54 Å². The van der Waals surface area contributed by atoms with Crippen molar-refractivity contribution >= 4 is 17.5 Å². The van der Waals surface area contributed by atoms with Crippen LogP contribution in [0.3, 0.4) is 0 Å². The maximum absolute atomic E-state index is 11.9. The number of hydrogen-bond donors (Lipinski definition) is 3. The van der Waals surface area contributed by atoms with Crippen LogP contribution in [-0.4, -0.2) is 42.4 Å². The summed E-state index contributed by atoms with van der Waals surface area (Å²) in [4.78, 5) is 24.9. The van der Waals surface area contributed by atoms with Gasteiger partial charge < -0.3 is 16.8 Å². The molecule has 1 fully saturated rings. The molecule has 2 unspecified atom stereocenters. The number of primary amides is 1. The maximum Gasteiger partial charge on any atom is 0.248 e. The second-order valence-electron chi connectivity index (χ2n) is 5.32. The van der Waals surface area contributed by atoms with E-state index in [4.69, 9.17) is 11.5 Å². The molecule has 5 N–H and O–H groups in total. The van der Waals surface area contributed by atoms with Gasteiger partial charge in [-0.3, -0.25) is 14.5 Å². The summed E-state index contributed by atoms with van der Waals surface area (Å²) in [5.74, 6) is -0.154. The minimum Gasteiger partial charge on any atom is -0.366 e. The summed E-state index contributed by atoms with van der Waals surface area (Å²) in [5.41, 5.74) is 12.1. The van der Waals surface area contributed by atoms with Crippen molar-refractivity contribution in [1.29, 1.82) is 0 Å². The molecule has 20 heavy (non-hydrogen) atoms. The Morgan fingerprint density at radius 2 is 1.95 bits per heavy atom. The quantitative estimate of drug-likeness (QED) is 0.720. The van der Waals surface area contributed by atoms with Gasteiger partial charge in [-0.1, -0.05) is 6.92 Å². The number of carbonyl (C=O) groups excluding carboxylic acids is 2. The van der Waals surface area contributed by atoms with Gasteiger partial charge in [-0.05, 0) is 30.2 Å². The van der Waals surface area contributed by atoms with Crippen molar-refractivity contribution in [2.45, 2.75) is 13.0 Å². The molecule has 0 aliphatic carbocycles. The van der Waals surface area contributed by atoms with E-state index in [-0.39, 0.29) is 11.9 Å². The number of nitrogens with zero attached hydrogens (tertiary/aromatic N) is 1. The molecule has 2 amide bonds. The molecule has 0 radical (unpaired) electrons. The lowest BCUT2D eigenvalue weighted by molar-refractivity contribution is -0.117. The lowest BCUT2D eigenvalue weighted by Crippen LogP contribution is -2.33. The largest absolute Gasteiger partial charge is 0.366 e. The molecule has 1 aliphatic heterocycles. The van der Waals surface area contributed by atoms with Crippen LogP contribution in [-0.2, 0) is 4.79 Å². The van der Waals surface area contributed by atoms with Gasteiger partial charge in [0.15, 0.2) is 0 Å². The highest BCUT2D eigenvalue weighted by Gasteiger charge is 2.27. The van der Waals surface area contributed by atoms with Crippen molar-refractivity contribution < 1.29 is 9.59 Å². The first kappa shape index (κ1) is 14.5. The molecule has 6 nitrogen and oxygen atoms in total. The Bertz CT molecular complexity index is 490. The van der Waals surface area contributed by atoms with E-state index in [1.54, 1.807) is 24.3 Å². The summed E-state index contributed by atoms with van der Waals surface area (Å²) in [6.07, 6.45) is 0. The Balaban J connectivity index is 1.87. The van der Waals surface area contributed by atoms with Gasteiger partial charge in [0.2, 0.25) is 11.8 Å². The van der Waals surface area contributed by atoms with Crippen LogP contribution in [0.5, 0.6) is 0 Å². The van der Waals surface area contributed by atoms with Gasteiger partial charge in [0.25, 0.3) is 0 Å². The number of benzene rings is 1. The molecule has 1 aromatic carbocycles. The summed E-state index contributed by atoms with van der Waals surface area (Å²) in [5, 5.41) is 2.79. The second-order valence-corrected chi connectivity index (χ2v) is 5.32. The molecule has 1 aromatic rings. The summed E-state index contributed by atoms with van der Waals surface area (Å²) in [6, 6.07) is 6.64. The second kappa shape index (κ2) is 6.02. The molecule has 1 saturated heterocycles. The van der Waals surface area contributed by atoms with Gasteiger partial charge >= 0.3 is 0 Å². The van der Waals surface area contributed by atoms with Crippen LogP contribution < -0.4 is 16.8 Å². The summed E-state index contributed by atoms with van der Waals surface area (Å²) in [7, 11) is 0. The van der Waals surface area contributed by atoms with E-state index in [1.807, 2.05) is 4.90 Å². The Morgan fingerprint density at radius 1 is 1.30 bits per heavy atom. The molecule has 1 heterocycles. The van der Waals surface area contributed by atoms with Crippen molar-refractivity contribution in [3.8, 4) is 0 Å². The average molecular weight is 276 g/mol. The number of nitrogens with one attached hydrogen (secondary N) is 1. The van der Waals surface area contributed by atoms with E-state index < -0.39 is 5.91 Å². The monoisotopic (exact) mass is 276 g/mol. The summed E-state index contributed by atoms with van der Waals surface area (Å²) in [6.45, 7) is 4.01. The molecular weight excluding hydrogens is 256 g/mol. The fraction of sp³-hybridized carbons (Fsp3) is 0.429. The van der Waals surface area contributed by atoms with E-state index in [1.165, 1.54) is 0 Å². The maximum atomic E-state index is 11.9. The zero-order valence-electron chi connectivity index (χ0n) is 11.5. The van der Waals surface area contributed by atoms with E-state index >= 15 is 0 Å². The van der Waals surface area contributed by atoms with Crippen LogP contribution in [0, 0.1) is 5.92 Å². The molecule has 2 rings (SSSR count). The number of hydrogen-bond acceptors (Lipinski definition) is 4. The Kier molecular flexibility index (Phi) is 4.36. The third-order valence-corrected chi connectivity index (χ3v) is 3.57. The third-order valence-electron chi connectivity index (χ3n) is 3.57. The van der Waals surface area contributed by atoms with E-state index in [0.717, 1.165) is 13.1 Å². The fourth-order valence-electron chi connectivity index (χ4n) is 2.35. The highest BCUT2D eigenvalue weighted by Crippen LogP contribution is 2.14. The minimum atomic E-state index is -0.483. The topological polar surface area (TPSA) is 101 Å². The van der Waals surface area contributed by atoms with Crippen LogP contribution in [0.1, 0.15) is 17.3 Å². The number of amides is 2. The number of rotatable bonds is 4. The van der Waals surface area contributed by atoms with Crippen molar-refractivity contribution in [3.05, 3.63) is 29.8 Å². The van der Waals surface area contributed by atoms with Crippen LogP contribution >= 0.6 is 0 Å². The van der Waals surface area contributed by atoms with Crippen LogP contribution in [0.25, 0.3) is 0 Å². The van der Waals surface area contributed by atoms with E-state index in [2.05, 4.69) is 12.2 Å². The van der Waals surface area contributed by atoms with Crippen molar-refractivity contribution in [1.82, 2.24) is 4.90 Å². The normalized spacial score (nSPS) is 22.7. The third kappa shape index (κ3) is 3.55. The van der Waals surface area contributed by atoms with Gasteiger partial charge in [-0.25, -0.2) is 0 Å². The predicted octanol–water partition coefficient (Wildman–Crippen LogP) is 0.00300. The minimum absolute atomic E-state index is 0.0851. The molecule has 2 atom stereocenters. The summed E-state index contributed by atoms with van der Waals surface area (Å²) >= 11 is 0.